The Kier molecular flexibility index (Phi) is 3.57. The summed E-state index contributed by atoms with van der Waals surface area (Å²) in [7, 11) is 0. The first-order chi connectivity index (χ1) is 8.74. The van der Waals surface area contributed by atoms with Crippen molar-refractivity contribution in [3.63, 3.8) is 0 Å². The maximum absolute atomic E-state index is 11.4. The lowest BCUT2D eigenvalue weighted by Crippen LogP contribution is -2.28. The summed E-state index contributed by atoms with van der Waals surface area (Å²) in [6.07, 6.45) is 3.54. The van der Waals surface area contributed by atoms with Crippen molar-refractivity contribution >= 4 is 28.7 Å². The molecule has 0 aliphatic rings. The van der Waals surface area contributed by atoms with E-state index in [0.717, 1.165) is 16.3 Å². The zero-order valence-corrected chi connectivity index (χ0v) is 10.2. The summed E-state index contributed by atoms with van der Waals surface area (Å²) in [4.78, 5) is 15.6. The van der Waals surface area contributed by atoms with E-state index in [9.17, 15) is 4.79 Å². The van der Waals surface area contributed by atoms with E-state index >= 15 is 0 Å². The Morgan fingerprint density at radius 1 is 1.50 bits per heavy atom. The molecule has 0 fully saturated rings. The fraction of sp³-hybridized carbons (Fsp3) is 0.143. The highest BCUT2D eigenvalue weighted by atomic mass is 16.2. The molecule has 2 N–H and O–H groups in total. The molecule has 4 heteroatoms. The van der Waals surface area contributed by atoms with E-state index in [4.69, 9.17) is 0 Å². The van der Waals surface area contributed by atoms with Crippen molar-refractivity contribution in [1.29, 1.82) is 0 Å². The molecule has 0 unspecified atom stereocenters. The van der Waals surface area contributed by atoms with Gasteiger partial charge in [-0.15, -0.1) is 0 Å². The van der Waals surface area contributed by atoms with Crippen molar-refractivity contribution in [2.45, 2.75) is 6.92 Å². The molecule has 2 aromatic rings. The summed E-state index contributed by atoms with van der Waals surface area (Å²) in [5, 5.41) is 7.39. The van der Waals surface area contributed by atoms with Crippen LogP contribution in [0.3, 0.4) is 0 Å². The van der Waals surface area contributed by atoms with Crippen LogP contribution >= 0.6 is 0 Å². The van der Waals surface area contributed by atoms with Gasteiger partial charge >= 0.3 is 6.03 Å². The number of nitrogens with one attached hydrogen (secondary N) is 2. The lowest BCUT2D eigenvalue weighted by atomic mass is 10.1. The average molecular weight is 241 g/mol. The van der Waals surface area contributed by atoms with Gasteiger partial charge in [0.15, 0.2) is 0 Å². The molecule has 1 heterocycles. The van der Waals surface area contributed by atoms with Crippen LogP contribution in [0.4, 0.5) is 10.6 Å². The first-order valence-corrected chi connectivity index (χ1v) is 5.80. The Hall–Kier alpha value is -2.36. The first kappa shape index (κ1) is 12.1. The molecule has 2 rings (SSSR count). The number of anilines is 1. The summed E-state index contributed by atoms with van der Waals surface area (Å²) in [6.45, 7) is 6.22. The smallest absolute Gasteiger partial charge is 0.320 e. The van der Waals surface area contributed by atoms with Crippen LogP contribution in [0.1, 0.15) is 12.5 Å². The van der Waals surface area contributed by atoms with Gasteiger partial charge in [0.05, 0.1) is 0 Å². The fourth-order valence-electron chi connectivity index (χ4n) is 1.76. The molecule has 4 nitrogen and oxygen atoms in total. The average Bonchev–Trinajstić information content (AvgIpc) is 2.38. The summed E-state index contributed by atoms with van der Waals surface area (Å²) < 4.78 is 0. The van der Waals surface area contributed by atoms with Gasteiger partial charge in [-0.3, -0.25) is 5.32 Å². The first-order valence-electron chi connectivity index (χ1n) is 5.80. The van der Waals surface area contributed by atoms with Crippen LogP contribution in [0.5, 0.6) is 0 Å². The molecule has 1 aromatic carbocycles. The zero-order chi connectivity index (χ0) is 13.0. The number of fused-ring (bicyclic) bond motifs is 1. The quantitative estimate of drug-likeness (QED) is 0.867. The topological polar surface area (TPSA) is 54.0 Å². The van der Waals surface area contributed by atoms with Crippen LogP contribution in [0.15, 0.2) is 37.0 Å². The molecule has 0 bridgehead atoms. The molecule has 92 valence electrons. The fourth-order valence-corrected chi connectivity index (χ4v) is 1.76. The normalized spacial score (nSPS) is 10.1. The van der Waals surface area contributed by atoms with E-state index in [0.29, 0.717) is 12.4 Å². The van der Waals surface area contributed by atoms with Gasteiger partial charge in [0, 0.05) is 18.1 Å². The van der Waals surface area contributed by atoms with Gasteiger partial charge in [0.1, 0.15) is 5.82 Å². The van der Waals surface area contributed by atoms with E-state index in [1.165, 1.54) is 0 Å². The third-order valence-electron chi connectivity index (χ3n) is 2.60. The van der Waals surface area contributed by atoms with Crippen LogP contribution in [-0.4, -0.2) is 17.6 Å². The van der Waals surface area contributed by atoms with Crippen molar-refractivity contribution in [3.8, 4) is 0 Å². The highest BCUT2D eigenvalue weighted by Gasteiger charge is 2.03. The number of carbonyl (C=O) groups excluding carboxylic acids is 1. The predicted octanol–water partition coefficient (Wildman–Crippen LogP) is 3.02. The van der Waals surface area contributed by atoms with Crippen molar-refractivity contribution in [2.75, 3.05) is 11.9 Å². The summed E-state index contributed by atoms with van der Waals surface area (Å²) in [5.74, 6) is 0.537. The van der Waals surface area contributed by atoms with Gasteiger partial charge in [-0.05, 0) is 23.9 Å². The Labute approximate surface area is 106 Å². The minimum Gasteiger partial charge on any atom is -0.338 e. The number of rotatable bonds is 3. The highest BCUT2D eigenvalue weighted by molar-refractivity contribution is 5.94. The number of nitrogens with zero attached hydrogens (tertiary/aromatic N) is 1. The number of aromatic nitrogens is 1. The molecule has 0 radical (unpaired) electrons. The number of pyridine rings is 1. The second-order valence-electron chi connectivity index (χ2n) is 3.83. The van der Waals surface area contributed by atoms with Crippen LogP contribution in [-0.2, 0) is 0 Å². The molecule has 0 spiro atoms. The van der Waals surface area contributed by atoms with E-state index in [2.05, 4.69) is 22.2 Å². The number of amides is 2. The van der Waals surface area contributed by atoms with Crippen LogP contribution in [0.2, 0.25) is 0 Å². The van der Waals surface area contributed by atoms with Gasteiger partial charge < -0.3 is 5.32 Å². The van der Waals surface area contributed by atoms with Gasteiger partial charge in [-0.1, -0.05) is 30.9 Å². The third-order valence-corrected chi connectivity index (χ3v) is 2.60. The summed E-state index contributed by atoms with van der Waals surface area (Å²) in [5.41, 5.74) is 1.03. The monoisotopic (exact) mass is 241 g/mol. The molecule has 1 aromatic heterocycles. The second kappa shape index (κ2) is 5.31. The molecule has 0 saturated heterocycles. The van der Waals surface area contributed by atoms with Crippen molar-refractivity contribution in [1.82, 2.24) is 10.3 Å². The minimum absolute atomic E-state index is 0.246. The van der Waals surface area contributed by atoms with E-state index < -0.39 is 0 Å². The lowest BCUT2D eigenvalue weighted by Gasteiger charge is -2.07. The van der Waals surface area contributed by atoms with Gasteiger partial charge in [0.25, 0.3) is 0 Å². The minimum atomic E-state index is -0.246. The highest BCUT2D eigenvalue weighted by Crippen LogP contribution is 2.21. The second-order valence-corrected chi connectivity index (χ2v) is 3.83. The number of hydrogen-bond donors (Lipinski definition) is 2. The van der Waals surface area contributed by atoms with Crippen LogP contribution < -0.4 is 10.6 Å². The van der Waals surface area contributed by atoms with Gasteiger partial charge in [0.2, 0.25) is 0 Å². The molecule has 2 amide bonds. The van der Waals surface area contributed by atoms with Crippen molar-refractivity contribution in [2.24, 2.45) is 0 Å². The van der Waals surface area contributed by atoms with Gasteiger partial charge in [-0.25, -0.2) is 9.78 Å². The standard InChI is InChI=1S/C14H15N3O/c1-3-10-6-5-7-11-8-13(16-9-12(10)11)17-14(18)15-4-2/h3,5-9H,1,4H2,2H3,(H2,15,16,17,18). The number of benzene rings is 1. The summed E-state index contributed by atoms with van der Waals surface area (Å²) in [6, 6.07) is 7.51. The molecular formula is C14H15N3O. The third kappa shape index (κ3) is 2.48. The lowest BCUT2D eigenvalue weighted by molar-refractivity contribution is 0.252. The van der Waals surface area contributed by atoms with E-state index in [1.807, 2.05) is 31.2 Å². The van der Waals surface area contributed by atoms with Crippen LogP contribution in [0.25, 0.3) is 16.8 Å². The molecule has 0 atom stereocenters. The maximum atomic E-state index is 11.4. The Balaban J connectivity index is 2.33. The Morgan fingerprint density at radius 3 is 3.06 bits per heavy atom. The van der Waals surface area contributed by atoms with Crippen molar-refractivity contribution < 1.29 is 4.79 Å². The number of carbonyl (C=O) groups is 1. The zero-order valence-electron chi connectivity index (χ0n) is 10.2. The largest absolute Gasteiger partial charge is 0.338 e. The molecular weight excluding hydrogens is 226 g/mol. The molecule has 0 aliphatic heterocycles. The molecule has 0 aliphatic carbocycles. The Bertz CT molecular complexity index is 593. The number of urea groups is 1. The SMILES string of the molecule is C=Cc1cccc2cc(NC(=O)NCC)ncc12. The van der Waals surface area contributed by atoms with Crippen LogP contribution in [0, 0.1) is 0 Å². The molecule has 18 heavy (non-hydrogen) atoms. The van der Waals surface area contributed by atoms with Gasteiger partial charge in [-0.2, -0.15) is 0 Å². The van der Waals surface area contributed by atoms with E-state index in [1.54, 1.807) is 12.3 Å². The number of hydrogen-bond acceptors (Lipinski definition) is 2. The van der Waals surface area contributed by atoms with Crippen molar-refractivity contribution in [3.05, 3.63) is 42.6 Å². The van der Waals surface area contributed by atoms with E-state index in [-0.39, 0.29) is 6.03 Å². The maximum Gasteiger partial charge on any atom is 0.320 e. The summed E-state index contributed by atoms with van der Waals surface area (Å²) >= 11 is 0. The predicted molar refractivity (Wildman–Crippen MR) is 74.5 cm³/mol. The Morgan fingerprint density at radius 2 is 2.33 bits per heavy atom. The molecule has 0 saturated carbocycles.